The molecule has 1 aromatic heterocycles. The van der Waals surface area contributed by atoms with Gasteiger partial charge in [-0.2, -0.15) is 0 Å². The molecule has 2 aromatic rings. The van der Waals surface area contributed by atoms with Crippen LogP contribution in [-0.2, 0) is 24.2 Å². The van der Waals surface area contributed by atoms with E-state index in [1.54, 1.807) is 0 Å². The molecule has 1 amide bonds. The molecule has 0 spiro atoms. The Bertz CT molecular complexity index is 676. The second-order valence-corrected chi connectivity index (χ2v) is 6.03. The highest BCUT2D eigenvalue weighted by atomic mass is 16.2. The molecule has 0 fully saturated rings. The molecule has 2 heterocycles. The van der Waals surface area contributed by atoms with E-state index in [9.17, 15) is 4.79 Å². The maximum absolute atomic E-state index is 12.6. The minimum absolute atomic E-state index is 0.0328. The van der Waals surface area contributed by atoms with Crippen LogP contribution < -0.4 is 5.32 Å². The van der Waals surface area contributed by atoms with Crippen LogP contribution in [-0.4, -0.2) is 21.5 Å². The summed E-state index contributed by atoms with van der Waals surface area (Å²) in [7, 11) is 0. The molecule has 0 radical (unpaired) electrons. The van der Waals surface area contributed by atoms with Crippen LogP contribution >= 0.6 is 0 Å². The van der Waals surface area contributed by atoms with Crippen molar-refractivity contribution in [1.82, 2.24) is 14.9 Å². The van der Waals surface area contributed by atoms with Crippen molar-refractivity contribution in [2.75, 3.05) is 0 Å². The molecule has 21 heavy (non-hydrogen) atoms. The number of amides is 1. The summed E-state index contributed by atoms with van der Waals surface area (Å²) in [6, 6.07) is 8.55. The van der Waals surface area contributed by atoms with Gasteiger partial charge in [-0.1, -0.05) is 24.3 Å². The lowest BCUT2D eigenvalue weighted by Gasteiger charge is -2.26. The normalized spacial score (nSPS) is 23.4. The van der Waals surface area contributed by atoms with Gasteiger partial charge in [0.05, 0.1) is 5.92 Å². The van der Waals surface area contributed by atoms with Crippen molar-refractivity contribution in [3.63, 3.8) is 0 Å². The highest BCUT2D eigenvalue weighted by Crippen LogP contribution is 2.33. The third-order valence-corrected chi connectivity index (χ3v) is 4.73. The molecule has 1 N–H and O–H groups in total. The average molecular weight is 281 g/mol. The van der Waals surface area contributed by atoms with E-state index in [2.05, 4.69) is 33.1 Å². The topological polar surface area (TPSA) is 46.9 Å². The predicted octanol–water partition coefficient (Wildman–Crippen LogP) is 2.04. The van der Waals surface area contributed by atoms with E-state index in [4.69, 9.17) is 0 Å². The standard InChI is InChI=1S/C17H19N3O/c21-17(15-7-5-12-3-1-2-4-14(12)15)19-13-6-8-16-18-9-10-20(16)11-13/h1-4,9-10,13,15H,5-8,11H2,(H,19,21)/t13-,15+/m0/s1. The maximum atomic E-state index is 12.6. The number of benzene rings is 1. The molecule has 0 saturated heterocycles. The lowest BCUT2D eigenvalue weighted by molar-refractivity contribution is -0.123. The molecule has 1 aliphatic heterocycles. The Morgan fingerprint density at radius 1 is 1.24 bits per heavy atom. The number of aromatic nitrogens is 2. The quantitative estimate of drug-likeness (QED) is 0.915. The summed E-state index contributed by atoms with van der Waals surface area (Å²) in [6.07, 6.45) is 7.72. The molecule has 0 bridgehead atoms. The third-order valence-electron chi connectivity index (χ3n) is 4.73. The van der Waals surface area contributed by atoms with Gasteiger partial charge in [0.25, 0.3) is 0 Å². The monoisotopic (exact) mass is 281 g/mol. The molecule has 2 aliphatic rings. The molecule has 1 aromatic carbocycles. The Hall–Kier alpha value is -2.10. The number of aryl methyl sites for hydroxylation is 2. The molecule has 1 aliphatic carbocycles. The number of carbonyl (C=O) groups is 1. The number of imidazole rings is 1. The largest absolute Gasteiger partial charge is 0.351 e. The van der Waals surface area contributed by atoms with Gasteiger partial charge in [-0.25, -0.2) is 4.98 Å². The fraction of sp³-hybridized carbons (Fsp3) is 0.412. The van der Waals surface area contributed by atoms with Gasteiger partial charge in [-0.3, -0.25) is 4.79 Å². The van der Waals surface area contributed by atoms with Gasteiger partial charge < -0.3 is 9.88 Å². The molecule has 4 nitrogen and oxygen atoms in total. The zero-order chi connectivity index (χ0) is 14.2. The lowest BCUT2D eigenvalue weighted by atomic mass is 9.99. The molecular weight excluding hydrogens is 262 g/mol. The van der Waals surface area contributed by atoms with Crippen molar-refractivity contribution in [2.45, 2.75) is 44.2 Å². The Morgan fingerprint density at radius 2 is 2.14 bits per heavy atom. The van der Waals surface area contributed by atoms with Gasteiger partial charge in [0.15, 0.2) is 0 Å². The number of hydrogen-bond acceptors (Lipinski definition) is 2. The summed E-state index contributed by atoms with van der Waals surface area (Å²) in [5, 5.41) is 3.24. The summed E-state index contributed by atoms with van der Waals surface area (Å²) in [5.41, 5.74) is 2.55. The van der Waals surface area contributed by atoms with E-state index in [-0.39, 0.29) is 17.9 Å². The predicted molar refractivity (Wildman–Crippen MR) is 80.0 cm³/mol. The molecule has 4 rings (SSSR count). The van der Waals surface area contributed by atoms with Crippen LogP contribution in [0.5, 0.6) is 0 Å². The van der Waals surface area contributed by atoms with Gasteiger partial charge in [-0.15, -0.1) is 0 Å². The second kappa shape index (κ2) is 5.02. The summed E-state index contributed by atoms with van der Waals surface area (Å²) >= 11 is 0. The van der Waals surface area contributed by atoms with Crippen LogP contribution in [0.25, 0.3) is 0 Å². The number of nitrogens with one attached hydrogen (secondary N) is 1. The molecular formula is C17H19N3O. The molecule has 0 saturated carbocycles. The van der Waals surface area contributed by atoms with Gasteiger partial charge in [-0.05, 0) is 30.4 Å². The number of rotatable bonds is 2. The first-order valence-electron chi connectivity index (χ1n) is 7.69. The molecule has 108 valence electrons. The maximum Gasteiger partial charge on any atom is 0.227 e. The van der Waals surface area contributed by atoms with Crippen LogP contribution in [0, 0.1) is 0 Å². The SMILES string of the molecule is O=C(N[C@H]1CCc2nccn2C1)[C@@H]1CCc2ccccc21. The van der Waals surface area contributed by atoms with Gasteiger partial charge in [0.1, 0.15) is 5.82 Å². The van der Waals surface area contributed by atoms with Gasteiger partial charge in [0.2, 0.25) is 5.91 Å². The fourth-order valence-corrected chi connectivity index (χ4v) is 3.62. The Kier molecular flexibility index (Phi) is 3.02. The number of nitrogens with zero attached hydrogens (tertiary/aromatic N) is 2. The summed E-state index contributed by atoms with van der Waals surface area (Å²) < 4.78 is 2.15. The summed E-state index contributed by atoms with van der Waals surface area (Å²) in [6.45, 7) is 0.843. The molecule has 4 heteroatoms. The van der Waals surface area contributed by atoms with Crippen LogP contribution in [0.3, 0.4) is 0 Å². The Balaban J connectivity index is 1.46. The first-order chi connectivity index (χ1) is 10.3. The van der Waals surface area contributed by atoms with E-state index in [1.165, 1.54) is 11.1 Å². The zero-order valence-electron chi connectivity index (χ0n) is 12.0. The number of carbonyl (C=O) groups excluding carboxylic acids is 1. The van der Waals surface area contributed by atoms with Crippen molar-refractivity contribution in [3.8, 4) is 0 Å². The van der Waals surface area contributed by atoms with Crippen LogP contribution in [0.15, 0.2) is 36.7 Å². The van der Waals surface area contributed by atoms with Crippen molar-refractivity contribution in [1.29, 1.82) is 0 Å². The second-order valence-electron chi connectivity index (χ2n) is 6.03. The van der Waals surface area contributed by atoms with E-state index >= 15 is 0 Å². The first kappa shape index (κ1) is 12.6. The molecule has 2 atom stereocenters. The van der Waals surface area contributed by atoms with E-state index < -0.39 is 0 Å². The summed E-state index contributed by atoms with van der Waals surface area (Å²) in [4.78, 5) is 16.9. The average Bonchev–Trinajstić information content (AvgIpc) is 3.13. The highest BCUT2D eigenvalue weighted by Gasteiger charge is 2.30. The third kappa shape index (κ3) is 2.24. The lowest BCUT2D eigenvalue weighted by Crippen LogP contribution is -2.42. The first-order valence-corrected chi connectivity index (χ1v) is 7.69. The minimum atomic E-state index is 0.0328. The van der Waals surface area contributed by atoms with Crippen molar-refractivity contribution < 1.29 is 4.79 Å². The molecule has 0 unspecified atom stereocenters. The zero-order valence-corrected chi connectivity index (χ0v) is 12.0. The van der Waals surface area contributed by atoms with Gasteiger partial charge >= 0.3 is 0 Å². The smallest absolute Gasteiger partial charge is 0.227 e. The Morgan fingerprint density at radius 3 is 3.10 bits per heavy atom. The minimum Gasteiger partial charge on any atom is -0.351 e. The van der Waals surface area contributed by atoms with E-state index in [0.29, 0.717) is 0 Å². The van der Waals surface area contributed by atoms with Crippen LogP contribution in [0.1, 0.15) is 35.7 Å². The fourth-order valence-electron chi connectivity index (χ4n) is 3.62. The van der Waals surface area contributed by atoms with Crippen molar-refractivity contribution >= 4 is 5.91 Å². The Labute approximate surface area is 124 Å². The van der Waals surface area contributed by atoms with Crippen molar-refractivity contribution in [3.05, 3.63) is 53.6 Å². The number of fused-ring (bicyclic) bond motifs is 2. The highest BCUT2D eigenvalue weighted by molar-refractivity contribution is 5.85. The van der Waals surface area contributed by atoms with Gasteiger partial charge in [0, 0.05) is 31.4 Å². The van der Waals surface area contributed by atoms with Crippen molar-refractivity contribution in [2.24, 2.45) is 0 Å². The number of hydrogen-bond donors (Lipinski definition) is 1. The van der Waals surface area contributed by atoms with E-state index in [0.717, 1.165) is 38.1 Å². The van der Waals surface area contributed by atoms with Crippen LogP contribution in [0.4, 0.5) is 0 Å². The van der Waals surface area contributed by atoms with Crippen LogP contribution in [0.2, 0.25) is 0 Å². The van der Waals surface area contributed by atoms with E-state index in [1.807, 2.05) is 18.5 Å². The summed E-state index contributed by atoms with van der Waals surface area (Å²) in [5.74, 6) is 1.35.